The van der Waals surface area contributed by atoms with Gasteiger partial charge >= 0.3 is 5.97 Å². The van der Waals surface area contributed by atoms with Gasteiger partial charge in [0.25, 0.3) is 0 Å². The van der Waals surface area contributed by atoms with E-state index in [9.17, 15) is 4.79 Å². The smallest absolute Gasteiger partial charge is 0.337 e. The number of carboxylic acids is 1. The predicted molar refractivity (Wildman–Crippen MR) is 40.3 cm³/mol. The number of rotatable bonds is 3. The lowest BCUT2D eigenvalue weighted by molar-refractivity contribution is -0.153. The third-order valence-corrected chi connectivity index (χ3v) is 1.97. The third-order valence-electron chi connectivity index (χ3n) is 0.921. The largest absolute Gasteiger partial charge is 0.479 e. The first-order valence-electron chi connectivity index (χ1n) is 2.24. The van der Waals surface area contributed by atoms with Crippen molar-refractivity contribution in [3.8, 4) is 0 Å². The Balaban J connectivity index is 4.09. The molecular weight excluding hydrogens is 160 g/mol. The second kappa shape index (κ2) is 3.34. The minimum atomic E-state index is -1.77. The van der Waals surface area contributed by atoms with Gasteiger partial charge in [0.05, 0.1) is 0 Å². The van der Waals surface area contributed by atoms with Crippen molar-refractivity contribution in [2.24, 2.45) is 0 Å². The van der Waals surface area contributed by atoms with Gasteiger partial charge in [0.2, 0.25) is 0 Å². The summed E-state index contributed by atoms with van der Waals surface area (Å²) in [5, 5.41) is 17.2. The minimum absolute atomic E-state index is 0.119. The van der Waals surface area contributed by atoms with Gasteiger partial charge in [-0.2, -0.15) is 25.3 Å². The summed E-state index contributed by atoms with van der Waals surface area (Å²) < 4.78 is 0. The quantitative estimate of drug-likeness (QED) is 0.436. The van der Waals surface area contributed by atoms with Gasteiger partial charge in [0.1, 0.15) is 0 Å². The predicted octanol–water partition coefficient (Wildman–Crippen LogP) is -0.338. The molecule has 0 amide bonds. The van der Waals surface area contributed by atoms with E-state index in [1.54, 1.807) is 0 Å². The normalized spacial score (nSPS) is 11.4. The van der Waals surface area contributed by atoms with Gasteiger partial charge in [-0.15, -0.1) is 0 Å². The lowest BCUT2D eigenvalue weighted by Crippen LogP contribution is -2.42. The first kappa shape index (κ1) is 9.13. The van der Waals surface area contributed by atoms with Crippen molar-refractivity contribution in [1.29, 1.82) is 0 Å². The first-order chi connectivity index (χ1) is 4.06. The molecule has 0 heterocycles. The number of aliphatic carboxylic acids is 1. The van der Waals surface area contributed by atoms with E-state index >= 15 is 0 Å². The second-order valence-electron chi connectivity index (χ2n) is 1.65. The highest BCUT2D eigenvalue weighted by Crippen LogP contribution is 2.08. The maximum absolute atomic E-state index is 10.1. The fraction of sp³-hybridized carbons (Fsp3) is 0.750. The van der Waals surface area contributed by atoms with E-state index in [0.717, 1.165) is 0 Å². The minimum Gasteiger partial charge on any atom is -0.479 e. The average molecular weight is 168 g/mol. The summed E-state index contributed by atoms with van der Waals surface area (Å²) in [6, 6.07) is 0. The van der Waals surface area contributed by atoms with E-state index in [0.29, 0.717) is 0 Å². The molecule has 5 heteroatoms. The molecule has 0 aliphatic rings. The van der Waals surface area contributed by atoms with E-state index in [2.05, 4.69) is 25.3 Å². The molecule has 0 aliphatic heterocycles. The molecule has 0 aromatic rings. The Kier molecular flexibility index (Phi) is 3.38. The molecule has 2 N–H and O–H groups in total. The van der Waals surface area contributed by atoms with Gasteiger partial charge in [0.15, 0.2) is 5.60 Å². The highest BCUT2D eigenvalue weighted by Gasteiger charge is 2.32. The van der Waals surface area contributed by atoms with E-state index in [1.165, 1.54) is 0 Å². The Labute approximate surface area is 63.9 Å². The zero-order valence-corrected chi connectivity index (χ0v) is 6.40. The Morgan fingerprint density at radius 3 is 1.78 bits per heavy atom. The molecule has 0 aliphatic carbocycles. The topological polar surface area (TPSA) is 57.5 Å². The van der Waals surface area contributed by atoms with Crippen LogP contribution in [-0.2, 0) is 4.79 Å². The molecule has 0 aromatic heterocycles. The van der Waals surface area contributed by atoms with Crippen molar-refractivity contribution in [2.45, 2.75) is 5.60 Å². The monoisotopic (exact) mass is 168 g/mol. The van der Waals surface area contributed by atoms with E-state index in [1.807, 2.05) is 0 Å². The molecule has 54 valence electrons. The fourth-order valence-corrected chi connectivity index (χ4v) is 0.856. The third kappa shape index (κ3) is 2.08. The van der Waals surface area contributed by atoms with Gasteiger partial charge < -0.3 is 10.2 Å². The summed E-state index contributed by atoms with van der Waals surface area (Å²) in [5.74, 6) is -1.52. The van der Waals surface area contributed by atoms with E-state index in [-0.39, 0.29) is 11.5 Å². The molecule has 0 spiro atoms. The van der Waals surface area contributed by atoms with Crippen LogP contribution in [0.1, 0.15) is 0 Å². The van der Waals surface area contributed by atoms with Crippen LogP contribution in [-0.4, -0.2) is 33.3 Å². The zero-order chi connectivity index (χ0) is 7.49. The molecule has 0 bridgehead atoms. The molecule has 0 rings (SSSR count). The fourth-order valence-electron chi connectivity index (χ4n) is 0.185. The van der Waals surface area contributed by atoms with Crippen LogP contribution in [0.15, 0.2) is 0 Å². The standard InChI is InChI=1S/C4H8O3S2/c5-3(6)4(7,1-8)2-9/h7-9H,1-2H2,(H,5,6). The van der Waals surface area contributed by atoms with E-state index in [4.69, 9.17) is 10.2 Å². The van der Waals surface area contributed by atoms with Crippen molar-refractivity contribution in [1.82, 2.24) is 0 Å². The number of carbonyl (C=O) groups is 1. The van der Waals surface area contributed by atoms with Crippen LogP contribution in [0.3, 0.4) is 0 Å². The van der Waals surface area contributed by atoms with Gasteiger partial charge in [-0.05, 0) is 0 Å². The summed E-state index contributed by atoms with van der Waals surface area (Å²) in [5.41, 5.74) is -1.77. The molecule has 0 atom stereocenters. The number of carboxylic acid groups (broad SMARTS) is 1. The van der Waals surface area contributed by atoms with Crippen molar-refractivity contribution in [3.05, 3.63) is 0 Å². The second-order valence-corrected chi connectivity index (χ2v) is 2.29. The Hall–Kier alpha value is 0.130. The van der Waals surface area contributed by atoms with Crippen molar-refractivity contribution < 1.29 is 15.0 Å². The average Bonchev–Trinajstić information content (AvgIpc) is 1.86. The van der Waals surface area contributed by atoms with Crippen LogP contribution in [0, 0.1) is 0 Å². The molecule has 3 nitrogen and oxygen atoms in total. The molecule has 0 unspecified atom stereocenters. The van der Waals surface area contributed by atoms with Gasteiger partial charge in [-0.25, -0.2) is 4.79 Å². The van der Waals surface area contributed by atoms with Gasteiger partial charge in [-0.1, -0.05) is 0 Å². The Morgan fingerprint density at radius 2 is 1.78 bits per heavy atom. The van der Waals surface area contributed by atoms with Crippen LogP contribution in [0.25, 0.3) is 0 Å². The van der Waals surface area contributed by atoms with E-state index < -0.39 is 11.6 Å². The molecule has 0 saturated heterocycles. The summed E-state index contributed by atoms with van der Waals surface area (Å²) >= 11 is 7.28. The maximum Gasteiger partial charge on any atom is 0.337 e. The highest BCUT2D eigenvalue weighted by molar-refractivity contribution is 7.81. The van der Waals surface area contributed by atoms with Crippen LogP contribution >= 0.6 is 25.3 Å². The lowest BCUT2D eigenvalue weighted by Gasteiger charge is -2.16. The summed E-state index contributed by atoms with van der Waals surface area (Å²) in [7, 11) is 0. The van der Waals surface area contributed by atoms with Gasteiger partial charge in [0, 0.05) is 11.5 Å². The van der Waals surface area contributed by atoms with Crippen LogP contribution in [0.5, 0.6) is 0 Å². The summed E-state index contributed by atoms with van der Waals surface area (Å²) in [6.07, 6.45) is 0. The molecule has 0 aromatic carbocycles. The van der Waals surface area contributed by atoms with Crippen molar-refractivity contribution in [2.75, 3.05) is 11.5 Å². The number of aliphatic hydroxyl groups is 1. The summed E-state index contributed by atoms with van der Waals surface area (Å²) in [4.78, 5) is 10.1. The molecule has 0 radical (unpaired) electrons. The summed E-state index contributed by atoms with van der Waals surface area (Å²) in [6.45, 7) is 0. The van der Waals surface area contributed by atoms with Crippen LogP contribution in [0.4, 0.5) is 0 Å². The van der Waals surface area contributed by atoms with Gasteiger partial charge in [-0.3, -0.25) is 0 Å². The molecule has 0 saturated carbocycles. The van der Waals surface area contributed by atoms with Crippen LogP contribution in [0.2, 0.25) is 0 Å². The number of thiol groups is 2. The molecule has 0 fully saturated rings. The first-order valence-corrected chi connectivity index (χ1v) is 3.51. The molecule has 9 heavy (non-hydrogen) atoms. The van der Waals surface area contributed by atoms with Crippen LogP contribution < -0.4 is 0 Å². The van der Waals surface area contributed by atoms with Crippen molar-refractivity contribution in [3.63, 3.8) is 0 Å². The van der Waals surface area contributed by atoms with Crippen molar-refractivity contribution >= 4 is 31.2 Å². The zero-order valence-electron chi connectivity index (χ0n) is 4.61. The molecular formula is C4H8O3S2. The Bertz CT molecular complexity index is 110. The number of hydrogen-bond acceptors (Lipinski definition) is 4. The highest BCUT2D eigenvalue weighted by atomic mass is 32.1. The lowest BCUT2D eigenvalue weighted by atomic mass is 10.1. The Morgan fingerprint density at radius 1 is 1.44 bits per heavy atom. The maximum atomic E-state index is 10.1. The number of hydrogen-bond donors (Lipinski definition) is 4. The SMILES string of the molecule is O=C(O)C(O)(CS)CS.